The number of piperidine rings is 1. The molecule has 1 aliphatic rings. The summed E-state index contributed by atoms with van der Waals surface area (Å²) in [6, 6.07) is 14.6. The molecule has 5 rings (SSSR count). The van der Waals surface area contributed by atoms with E-state index in [2.05, 4.69) is 20.3 Å². The molecule has 0 spiro atoms. The van der Waals surface area contributed by atoms with Gasteiger partial charge < -0.3 is 20.7 Å². The number of halogens is 6. The van der Waals surface area contributed by atoms with E-state index in [9.17, 15) is 31.1 Å². The van der Waals surface area contributed by atoms with E-state index < -0.39 is 29.5 Å². The van der Waals surface area contributed by atoms with Crippen LogP contribution in [0.5, 0.6) is 0 Å². The van der Waals surface area contributed by atoms with Gasteiger partial charge in [-0.15, -0.1) is 0 Å². The summed E-state index contributed by atoms with van der Waals surface area (Å²) in [6.45, 7) is -0.0259. The first kappa shape index (κ1) is 28.9. The average Bonchev–Trinajstić information content (AvgIpc) is 2.96. The number of carbonyl (C=O) groups excluding carboxylic acids is 1. The number of nitrogens with two attached hydrogens (primary N) is 1. The Balaban J connectivity index is 1.57. The number of nitrogens with one attached hydrogen (secondary N) is 1. The standard InChI is InChI=1S/C28H24F6N6O2/c1-36-22-17-10-11-19(37-23(17)39-25(35)38-22)21-18(27(29,30)31)8-5-9-20(21)40-14-12-26(13-15-40,16-6-3-2-4-7-16)42-24(41)28(32,33)34/h2-11H,12-15H2,1H3,(H3,35,36,37,38,39). The number of alkyl halides is 6. The number of hydrogen-bond acceptors (Lipinski definition) is 8. The second-order valence-electron chi connectivity index (χ2n) is 9.68. The zero-order chi connectivity index (χ0) is 30.3. The van der Waals surface area contributed by atoms with Crippen LogP contribution in [0.3, 0.4) is 0 Å². The minimum absolute atomic E-state index is 0.0130. The minimum atomic E-state index is -5.21. The van der Waals surface area contributed by atoms with Gasteiger partial charge in [0.25, 0.3) is 0 Å². The summed E-state index contributed by atoms with van der Waals surface area (Å²) in [5, 5.41) is 3.29. The summed E-state index contributed by atoms with van der Waals surface area (Å²) in [4.78, 5) is 26.1. The molecule has 0 bridgehead atoms. The van der Waals surface area contributed by atoms with Crippen LogP contribution in [0.25, 0.3) is 22.3 Å². The van der Waals surface area contributed by atoms with E-state index >= 15 is 0 Å². The topological polar surface area (TPSA) is 106 Å². The van der Waals surface area contributed by atoms with Crippen molar-refractivity contribution in [1.29, 1.82) is 0 Å². The van der Waals surface area contributed by atoms with E-state index in [0.717, 1.165) is 6.07 Å². The molecule has 2 aromatic carbocycles. The second kappa shape index (κ2) is 10.7. The smallest absolute Gasteiger partial charge is 0.447 e. The lowest BCUT2D eigenvalue weighted by atomic mass is 9.83. The van der Waals surface area contributed by atoms with Gasteiger partial charge in [0.1, 0.15) is 11.4 Å². The van der Waals surface area contributed by atoms with Crippen molar-refractivity contribution in [3.63, 3.8) is 0 Å². The van der Waals surface area contributed by atoms with E-state index in [1.165, 1.54) is 24.3 Å². The molecule has 8 nitrogen and oxygen atoms in total. The molecule has 4 aromatic rings. The number of nitrogen functional groups attached to an aromatic ring is 1. The Kier molecular flexibility index (Phi) is 7.33. The molecule has 0 aliphatic carbocycles. The van der Waals surface area contributed by atoms with Gasteiger partial charge in [-0.2, -0.15) is 36.3 Å². The molecule has 3 heterocycles. The third-order valence-electron chi connectivity index (χ3n) is 7.15. The van der Waals surface area contributed by atoms with Crippen molar-refractivity contribution >= 4 is 34.5 Å². The SMILES string of the molecule is CNc1nc(N)nc2nc(-c3c(N4CCC(OC(=O)C(F)(F)F)(c5ccccc5)CC4)cccc3C(F)(F)F)ccc12. The van der Waals surface area contributed by atoms with Crippen molar-refractivity contribution in [2.24, 2.45) is 0 Å². The number of hydrogen-bond donors (Lipinski definition) is 2. The molecule has 14 heteroatoms. The van der Waals surface area contributed by atoms with Gasteiger partial charge in [-0.1, -0.05) is 36.4 Å². The van der Waals surface area contributed by atoms with Crippen molar-refractivity contribution in [3.05, 3.63) is 71.8 Å². The van der Waals surface area contributed by atoms with Crippen LogP contribution >= 0.6 is 0 Å². The molecule has 0 radical (unpaired) electrons. The summed E-state index contributed by atoms with van der Waals surface area (Å²) >= 11 is 0. The number of benzene rings is 2. The van der Waals surface area contributed by atoms with Gasteiger partial charge in [-0.3, -0.25) is 0 Å². The van der Waals surface area contributed by atoms with Crippen molar-refractivity contribution in [3.8, 4) is 11.3 Å². The van der Waals surface area contributed by atoms with E-state index in [-0.39, 0.29) is 54.5 Å². The van der Waals surface area contributed by atoms with Gasteiger partial charge in [-0.25, -0.2) is 9.78 Å². The fourth-order valence-electron chi connectivity index (χ4n) is 5.20. The number of fused-ring (bicyclic) bond motifs is 1. The van der Waals surface area contributed by atoms with Crippen LogP contribution in [0, 0.1) is 0 Å². The zero-order valence-corrected chi connectivity index (χ0v) is 22.1. The largest absolute Gasteiger partial charge is 0.490 e. The summed E-state index contributed by atoms with van der Waals surface area (Å²) in [5.41, 5.74) is 3.54. The van der Waals surface area contributed by atoms with Gasteiger partial charge in [-0.05, 0) is 29.8 Å². The predicted molar refractivity (Wildman–Crippen MR) is 143 cm³/mol. The molecule has 0 unspecified atom stereocenters. The highest BCUT2D eigenvalue weighted by Crippen LogP contribution is 2.45. The van der Waals surface area contributed by atoms with E-state index in [4.69, 9.17) is 10.5 Å². The number of carbonyl (C=O) groups is 1. The number of ether oxygens (including phenoxy) is 1. The highest BCUT2D eigenvalue weighted by molar-refractivity contribution is 5.91. The van der Waals surface area contributed by atoms with Gasteiger partial charge >= 0.3 is 18.3 Å². The first-order valence-electron chi connectivity index (χ1n) is 12.8. The maximum Gasteiger partial charge on any atom is 0.490 e. The van der Waals surface area contributed by atoms with Gasteiger partial charge in [0.2, 0.25) is 5.95 Å². The van der Waals surface area contributed by atoms with E-state index in [0.29, 0.717) is 16.8 Å². The molecule has 0 atom stereocenters. The molecule has 0 saturated carbocycles. The van der Waals surface area contributed by atoms with Crippen LogP contribution in [0.2, 0.25) is 0 Å². The number of rotatable bonds is 5. The van der Waals surface area contributed by atoms with Gasteiger partial charge in [0.15, 0.2) is 5.65 Å². The first-order chi connectivity index (χ1) is 19.8. The Morgan fingerprint density at radius 2 is 1.62 bits per heavy atom. The van der Waals surface area contributed by atoms with Crippen LogP contribution in [-0.2, 0) is 21.3 Å². The van der Waals surface area contributed by atoms with Crippen molar-refractivity contribution < 1.29 is 35.9 Å². The lowest BCUT2D eigenvalue weighted by Crippen LogP contribution is -2.47. The lowest BCUT2D eigenvalue weighted by Gasteiger charge is -2.43. The summed E-state index contributed by atoms with van der Waals surface area (Å²) in [7, 11) is 1.60. The van der Waals surface area contributed by atoms with Crippen molar-refractivity contribution in [2.75, 3.05) is 36.1 Å². The number of anilines is 3. The fourth-order valence-corrected chi connectivity index (χ4v) is 5.20. The number of nitrogens with zero attached hydrogens (tertiary/aromatic N) is 4. The molecule has 0 amide bonds. The lowest BCUT2D eigenvalue weighted by molar-refractivity contribution is -0.217. The number of pyridine rings is 1. The third kappa shape index (κ3) is 5.48. The Morgan fingerprint density at radius 3 is 2.24 bits per heavy atom. The zero-order valence-electron chi connectivity index (χ0n) is 22.1. The third-order valence-corrected chi connectivity index (χ3v) is 7.15. The Morgan fingerprint density at radius 1 is 0.929 bits per heavy atom. The van der Waals surface area contributed by atoms with Gasteiger partial charge in [0.05, 0.1) is 16.6 Å². The maximum atomic E-state index is 14.3. The monoisotopic (exact) mass is 590 g/mol. The molecule has 220 valence electrons. The van der Waals surface area contributed by atoms with Crippen LogP contribution in [0.1, 0.15) is 24.0 Å². The highest BCUT2D eigenvalue weighted by atomic mass is 19.4. The molecular weight excluding hydrogens is 566 g/mol. The Hall–Kier alpha value is -4.62. The number of esters is 1. The predicted octanol–water partition coefficient (Wildman–Crippen LogP) is 5.94. The molecule has 2 aromatic heterocycles. The van der Waals surface area contributed by atoms with Crippen LogP contribution in [0.15, 0.2) is 60.7 Å². The molecule has 1 fully saturated rings. The number of aromatic nitrogens is 3. The van der Waals surface area contributed by atoms with E-state index in [1.807, 2.05) is 0 Å². The molecule has 1 aliphatic heterocycles. The Labute approximate surface area is 235 Å². The fraction of sp³-hybridized carbons (Fsp3) is 0.286. The normalized spacial score (nSPS) is 15.5. The first-order valence-corrected chi connectivity index (χ1v) is 12.8. The molecule has 1 saturated heterocycles. The highest BCUT2D eigenvalue weighted by Gasteiger charge is 2.49. The average molecular weight is 591 g/mol. The quantitative estimate of drug-likeness (QED) is 0.218. The summed E-state index contributed by atoms with van der Waals surface area (Å²) < 4.78 is 87.6. The Bertz CT molecular complexity index is 1620. The van der Waals surface area contributed by atoms with Gasteiger partial charge in [0, 0.05) is 44.2 Å². The molecule has 3 N–H and O–H groups in total. The molecule has 42 heavy (non-hydrogen) atoms. The second-order valence-corrected chi connectivity index (χ2v) is 9.68. The van der Waals surface area contributed by atoms with Crippen LogP contribution in [0.4, 0.5) is 43.8 Å². The summed E-state index contributed by atoms with van der Waals surface area (Å²) in [6.07, 6.45) is -10.2. The molecular formula is C28H24F6N6O2. The summed E-state index contributed by atoms with van der Waals surface area (Å²) in [5.74, 6) is -2.10. The van der Waals surface area contributed by atoms with E-state index in [1.54, 1.807) is 42.3 Å². The minimum Gasteiger partial charge on any atom is -0.447 e. The van der Waals surface area contributed by atoms with Crippen LogP contribution in [-0.4, -0.2) is 47.2 Å². The maximum absolute atomic E-state index is 14.3. The van der Waals surface area contributed by atoms with Crippen molar-refractivity contribution in [1.82, 2.24) is 15.0 Å². The van der Waals surface area contributed by atoms with Crippen molar-refractivity contribution in [2.45, 2.75) is 30.8 Å². The van der Waals surface area contributed by atoms with Crippen LogP contribution < -0.4 is 16.0 Å².